The summed E-state index contributed by atoms with van der Waals surface area (Å²) in [6.45, 7) is 5.92. The Balaban J connectivity index is 2.30. The number of fused-ring (bicyclic) bond motifs is 1. The maximum atomic E-state index is 12.5. The van der Waals surface area contributed by atoms with Gasteiger partial charge in [0, 0.05) is 30.7 Å². The van der Waals surface area contributed by atoms with E-state index in [0.717, 1.165) is 27.7 Å². The van der Waals surface area contributed by atoms with Gasteiger partial charge in [0.05, 0.1) is 11.8 Å². The van der Waals surface area contributed by atoms with E-state index < -0.39 is 0 Å². The molecule has 0 spiro atoms. The van der Waals surface area contributed by atoms with E-state index in [2.05, 4.69) is 22.8 Å². The summed E-state index contributed by atoms with van der Waals surface area (Å²) in [6, 6.07) is 6.26. The third kappa shape index (κ3) is 1.75. The Labute approximate surface area is 124 Å². The Hall–Kier alpha value is -2.10. The molecule has 4 heteroatoms. The normalized spacial score (nSPS) is 22.6. The first-order valence-corrected chi connectivity index (χ1v) is 7.21. The second kappa shape index (κ2) is 4.45. The lowest BCUT2D eigenvalue weighted by Gasteiger charge is -2.12. The van der Waals surface area contributed by atoms with Gasteiger partial charge in [-0.2, -0.15) is 0 Å². The van der Waals surface area contributed by atoms with Gasteiger partial charge in [0.1, 0.15) is 0 Å². The van der Waals surface area contributed by atoms with Crippen molar-refractivity contribution < 1.29 is 9.59 Å². The molecule has 1 aliphatic heterocycles. The molecule has 2 atom stereocenters. The van der Waals surface area contributed by atoms with Crippen LogP contribution in [-0.4, -0.2) is 28.3 Å². The predicted octanol–water partition coefficient (Wildman–Crippen LogP) is 2.51. The highest BCUT2D eigenvalue weighted by atomic mass is 16.2. The molecule has 4 nitrogen and oxygen atoms in total. The number of imide groups is 1. The second-order valence-electron chi connectivity index (χ2n) is 6.08. The van der Waals surface area contributed by atoms with Gasteiger partial charge in [-0.15, -0.1) is 0 Å². The largest absolute Gasteiger partial charge is 0.348 e. The van der Waals surface area contributed by atoms with Gasteiger partial charge in [0.15, 0.2) is 0 Å². The van der Waals surface area contributed by atoms with E-state index >= 15 is 0 Å². The minimum atomic E-state index is -0.368. The van der Waals surface area contributed by atoms with Crippen LogP contribution in [0.4, 0.5) is 0 Å². The summed E-state index contributed by atoms with van der Waals surface area (Å²) in [5, 5.41) is 1.09. The Morgan fingerprint density at radius 1 is 1.05 bits per heavy atom. The summed E-state index contributed by atoms with van der Waals surface area (Å²) in [4.78, 5) is 25.9. The molecule has 0 N–H and O–H groups in total. The number of rotatable bonds is 1. The molecular formula is C17H20N2O2. The number of carbonyl (C=O) groups excluding carboxylic acids is 2. The van der Waals surface area contributed by atoms with Gasteiger partial charge in [0.25, 0.3) is 0 Å². The van der Waals surface area contributed by atoms with Gasteiger partial charge in [0.2, 0.25) is 11.8 Å². The van der Waals surface area contributed by atoms with Crippen LogP contribution >= 0.6 is 0 Å². The number of carbonyl (C=O) groups is 2. The number of hydrogen-bond donors (Lipinski definition) is 0. The standard InChI is InChI=1S/C17H20N2O2/c1-9-6-7-13-12(8-9)15(11(3)18(13)4)14-10(2)16(20)19(5)17(14)21/h6-8,10,14H,1-5H3. The number of likely N-dealkylation sites (tertiary alicyclic amines) is 1. The monoisotopic (exact) mass is 284 g/mol. The lowest BCUT2D eigenvalue weighted by atomic mass is 9.87. The SMILES string of the molecule is Cc1ccc2c(c1)c(C1C(=O)N(C)C(=O)C1C)c(C)n2C. The molecule has 2 amide bonds. The average molecular weight is 284 g/mol. The molecule has 1 fully saturated rings. The van der Waals surface area contributed by atoms with Crippen molar-refractivity contribution in [2.45, 2.75) is 26.7 Å². The number of benzene rings is 1. The molecule has 110 valence electrons. The van der Waals surface area contributed by atoms with Gasteiger partial charge in [-0.25, -0.2) is 0 Å². The number of aromatic nitrogens is 1. The number of nitrogens with zero attached hydrogens (tertiary/aromatic N) is 2. The van der Waals surface area contributed by atoms with Gasteiger partial charge >= 0.3 is 0 Å². The van der Waals surface area contributed by atoms with Crippen molar-refractivity contribution in [2.24, 2.45) is 13.0 Å². The fraction of sp³-hybridized carbons (Fsp3) is 0.412. The summed E-state index contributed by atoms with van der Waals surface area (Å²) in [7, 11) is 3.58. The van der Waals surface area contributed by atoms with Crippen LogP contribution in [0.15, 0.2) is 18.2 Å². The van der Waals surface area contributed by atoms with Gasteiger partial charge in [-0.05, 0) is 31.5 Å². The van der Waals surface area contributed by atoms with Crippen molar-refractivity contribution in [2.75, 3.05) is 7.05 Å². The number of hydrogen-bond acceptors (Lipinski definition) is 2. The molecule has 0 aliphatic carbocycles. The van der Waals surface area contributed by atoms with Gasteiger partial charge < -0.3 is 4.57 Å². The quantitative estimate of drug-likeness (QED) is 0.755. The summed E-state index contributed by atoms with van der Waals surface area (Å²) in [5.41, 5.74) is 4.33. The molecule has 21 heavy (non-hydrogen) atoms. The van der Waals surface area contributed by atoms with Crippen LogP contribution in [-0.2, 0) is 16.6 Å². The molecule has 1 saturated heterocycles. The summed E-state index contributed by atoms with van der Waals surface area (Å²) in [6.07, 6.45) is 0. The third-order valence-corrected chi connectivity index (χ3v) is 4.82. The molecule has 1 aliphatic rings. The predicted molar refractivity (Wildman–Crippen MR) is 82.1 cm³/mol. The van der Waals surface area contributed by atoms with E-state index in [1.807, 2.05) is 27.8 Å². The summed E-state index contributed by atoms with van der Waals surface area (Å²) in [5.74, 6) is -0.848. The number of aryl methyl sites for hydroxylation is 2. The molecule has 1 aromatic heterocycles. The maximum Gasteiger partial charge on any atom is 0.237 e. The van der Waals surface area contributed by atoms with Gasteiger partial charge in [-0.3, -0.25) is 14.5 Å². The van der Waals surface area contributed by atoms with E-state index in [-0.39, 0.29) is 23.7 Å². The lowest BCUT2D eigenvalue weighted by Crippen LogP contribution is -2.25. The molecule has 1 aromatic carbocycles. The van der Waals surface area contributed by atoms with Crippen molar-refractivity contribution in [3.63, 3.8) is 0 Å². The zero-order chi connectivity index (χ0) is 15.5. The Morgan fingerprint density at radius 2 is 1.71 bits per heavy atom. The van der Waals surface area contributed by atoms with Crippen LogP contribution in [0.25, 0.3) is 10.9 Å². The highest BCUT2D eigenvalue weighted by molar-refractivity contribution is 6.09. The molecule has 0 bridgehead atoms. The molecule has 2 aromatic rings. The number of amides is 2. The van der Waals surface area contributed by atoms with Gasteiger partial charge in [-0.1, -0.05) is 18.6 Å². The Morgan fingerprint density at radius 3 is 2.29 bits per heavy atom. The highest BCUT2D eigenvalue weighted by Gasteiger charge is 2.45. The van der Waals surface area contributed by atoms with Crippen LogP contribution in [0.5, 0.6) is 0 Å². The molecule has 2 unspecified atom stereocenters. The summed E-state index contributed by atoms with van der Waals surface area (Å²) < 4.78 is 2.10. The molecule has 2 heterocycles. The molecular weight excluding hydrogens is 264 g/mol. The fourth-order valence-electron chi connectivity index (χ4n) is 3.46. The summed E-state index contributed by atoms with van der Waals surface area (Å²) >= 11 is 0. The van der Waals surface area contributed by atoms with E-state index in [1.165, 1.54) is 4.90 Å². The average Bonchev–Trinajstić information content (AvgIpc) is 2.79. The smallest absolute Gasteiger partial charge is 0.237 e. The fourth-order valence-corrected chi connectivity index (χ4v) is 3.46. The van der Waals surface area contributed by atoms with Crippen LogP contribution in [0.1, 0.15) is 29.7 Å². The third-order valence-electron chi connectivity index (χ3n) is 4.82. The van der Waals surface area contributed by atoms with Crippen LogP contribution in [0.2, 0.25) is 0 Å². The van der Waals surface area contributed by atoms with Crippen molar-refractivity contribution >= 4 is 22.7 Å². The first kappa shape index (κ1) is 13.9. The highest BCUT2D eigenvalue weighted by Crippen LogP contribution is 2.40. The van der Waals surface area contributed by atoms with E-state index in [4.69, 9.17) is 0 Å². The van der Waals surface area contributed by atoms with Crippen molar-refractivity contribution in [3.8, 4) is 0 Å². The van der Waals surface area contributed by atoms with Crippen LogP contribution < -0.4 is 0 Å². The first-order chi connectivity index (χ1) is 9.84. The topological polar surface area (TPSA) is 42.3 Å². The Kier molecular flexibility index (Phi) is 2.94. The molecule has 0 saturated carbocycles. The minimum Gasteiger partial charge on any atom is -0.348 e. The second-order valence-corrected chi connectivity index (χ2v) is 6.08. The number of likely N-dealkylation sites (N-methyl/N-ethyl adjacent to an activating group) is 1. The first-order valence-electron chi connectivity index (χ1n) is 7.21. The van der Waals surface area contributed by atoms with Crippen LogP contribution in [0.3, 0.4) is 0 Å². The van der Waals surface area contributed by atoms with E-state index in [9.17, 15) is 9.59 Å². The van der Waals surface area contributed by atoms with Crippen molar-refractivity contribution in [3.05, 3.63) is 35.0 Å². The van der Waals surface area contributed by atoms with Crippen molar-refractivity contribution in [1.29, 1.82) is 0 Å². The minimum absolute atomic E-state index is 0.0888. The molecule has 0 radical (unpaired) electrons. The van der Waals surface area contributed by atoms with Crippen molar-refractivity contribution in [1.82, 2.24) is 9.47 Å². The van der Waals surface area contributed by atoms with E-state index in [0.29, 0.717) is 0 Å². The van der Waals surface area contributed by atoms with E-state index in [1.54, 1.807) is 7.05 Å². The maximum absolute atomic E-state index is 12.5. The lowest BCUT2D eigenvalue weighted by molar-refractivity contribution is -0.137. The molecule has 3 rings (SSSR count). The zero-order valence-electron chi connectivity index (χ0n) is 13.1. The van der Waals surface area contributed by atoms with Crippen LogP contribution in [0, 0.1) is 19.8 Å². The zero-order valence-corrected chi connectivity index (χ0v) is 13.1. The Bertz CT molecular complexity index is 773.